The number of methoxy groups -OCH3 is 1. The van der Waals surface area contributed by atoms with Crippen molar-refractivity contribution in [1.82, 2.24) is 9.29 Å². The van der Waals surface area contributed by atoms with Crippen molar-refractivity contribution in [3.63, 3.8) is 0 Å². The number of ether oxygens (including phenoxy) is 1. The summed E-state index contributed by atoms with van der Waals surface area (Å²) in [7, 11) is -0.822. The summed E-state index contributed by atoms with van der Waals surface area (Å²) in [6.07, 6.45) is 1.69. The summed E-state index contributed by atoms with van der Waals surface area (Å²) in [5.74, 6) is -0.698. The average Bonchev–Trinajstić information content (AvgIpc) is 3.39. The second kappa shape index (κ2) is 11.1. The number of likely N-dealkylation sites (N-methyl/N-ethyl adjacent to an activating group) is 1. The highest BCUT2D eigenvalue weighted by atomic mass is 32.2. The van der Waals surface area contributed by atoms with Crippen LogP contribution < -0.4 is 5.32 Å². The fourth-order valence-electron chi connectivity index (χ4n) is 3.14. The third-order valence-electron chi connectivity index (χ3n) is 5.01. The van der Waals surface area contributed by atoms with Gasteiger partial charge in [0, 0.05) is 32.7 Å². The third kappa shape index (κ3) is 6.54. The number of hydrogen-bond acceptors (Lipinski definition) is 9. The number of rotatable bonds is 10. The van der Waals surface area contributed by atoms with Crippen molar-refractivity contribution in [1.29, 1.82) is 0 Å². The summed E-state index contributed by atoms with van der Waals surface area (Å²) in [4.78, 5) is 22.1. The van der Waals surface area contributed by atoms with Crippen LogP contribution in [0, 0.1) is 5.13 Å². The molecule has 1 aromatic carbocycles. The molecule has 0 bridgehead atoms. The van der Waals surface area contributed by atoms with Gasteiger partial charge in [0.15, 0.2) is 16.0 Å². The van der Waals surface area contributed by atoms with E-state index in [0.29, 0.717) is 36.2 Å². The van der Waals surface area contributed by atoms with Crippen LogP contribution in [0.4, 0.5) is 9.52 Å². The molecule has 2 N–H and O–H groups in total. The summed E-state index contributed by atoms with van der Waals surface area (Å²) in [5.41, 5.74) is 0.158. The molecule has 10 nitrogen and oxygen atoms in total. The summed E-state index contributed by atoms with van der Waals surface area (Å²) in [5, 5.41) is 15.6. The van der Waals surface area contributed by atoms with E-state index in [-0.39, 0.29) is 35.0 Å². The molecule has 1 aliphatic carbocycles. The minimum absolute atomic E-state index is 0.0337. The first kappa shape index (κ1) is 25.2. The molecule has 0 radical (unpaired) electrons. The topological polar surface area (TPSA) is 130 Å². The molecule has 1 amide bonds. The normalized spacial score (nSPS) is 19.1. The number of halogens is 1. The van der Waals surface area contributed by atoms with Crippen LogP contribution in [0.15, 0.2) is 40.5 Å². The Hall–Kier alpha value is -2.45. The fourth-order valence-corrected chi connectivity index (χ4v) is 4.83. The van der Waals surface area contributed by atoms with E-state index in [9.17, 15) is 22.7 Å². The van der Waals surface area contributed by atoms with Crippen LogP contribution >= 0.6 is 11.3 Å². The van der Waals surface area contributed by atoms with Crippen LogP contribution in [-0.2, 0) is 24.4 Å². The highest BCUT2D eigenvalue weighted by molar-refractivity contribution is 7.89. The maximum absolute atomic E-state index is 13.2. The number of thiazole rings is 1. The van der Waals surface area contributed by atoms with Crippen LogP contribution in [-0.4, -0.2) is 73.9 Å². The van der Waals surface area contributed by atoms with Gasteiger partial charge in [-0.2, -0.15) is 8.70 Å². The number of hydrogen-bond donors (Lipinski definition) is 2. The van der Waals surface area contributed by atoms with Gasteiger partial charge in [-0.3, -0.25) is 10.1 Å². The molecule has 1 saturated carbocycles. The Bertz CT molecular complexity index is 1090. The number of aromatic nitrogens is 1. The lowest BCUT2D eigenvalue weighted by Gasteiger charge is -2.17. The van der Waals surface area contributed by atoms with E-state index in [1.807, 2.05) is 0 Å². The monoisotopic (exact) mass is 500 g/mol. The van der Waals surface area contributed by atoms with Crippen molar-refractivity contribution >= 4 is 38.1 Å². The van der Waals surface area contributed by atoms with Crippen molar-refractivity contribution in [3.05, 3.63) is 41.2 Å². The number of aliphatic hydroxyl groups is 1. The first-order valence-electron chi connectivity index (χ1n) is 10.1. The standard InChI is InChI=1S/C20H25FN4O6S2/c1-25(9-10-30-2)33(28,29)16-7-3-13(4-8-16)18(24-31-15-6-5-14(26)11-15)19(27)23-20-22-12-17(21)32-20/h3-4,7-8,12,14-15,26H,5-6,9-11H2,1-2H3,(H,22,23,27)/t14-,15-/m1/s1. The van der Waals surface area contributed by atoms with E-state index >= 15 is 0 Å². The van der Waals surface area contributed by atoms with Gasteiger partial charge in [0.05, 0.1) is 23.8 Å². The lowest BCUT2D eigenvalue weighted by Crippen LogP contribution is -2.30. The molecule has 1 aromatic heterocycles. The van der Waals surface area contributed by atoms with Crippen molar-refractivity contribution in [2.45, 2.75) is 36.4 Å². The SMILES string of the molecule is COCCN(C)S(=O)(=O)c1ccc(C(=NO[C@@H]2CC[C@@H](O)C2)C(=O)Nc2ncc(F)s2)cc1. The van der Waals surface area contributed by atoms with Crippen molar-refractivity contribution in [3.8, 4) is 0 Å². The molecule has 2 aromatic rings. The molecular formula is C20H25FN4O6S2. The zero-order valence-electron chi connectivity index (χ0n) is 18.1. The van der Waals surface area contributed by atoms with E-state index in [0.717, 1.165) is 6.20 Å². The van der Waals surface area contributed by atoms with Crippen LogP contribution in [0.25, 0.3) is 0 Å². The Morgan fingerprint density at radius 3 is 2.67 bits per heavy atom. The number of nitrogens with zero attached hydrogens (tertiary/aromatic N) is 3. The number of sulfonamides is 1. The van der Waals surface area contributed by atoms with Crippen LogP contribution in [0.1, 0.15) is 24.8 Å². The molecule has 13 heteroatoms. The number of nitrogens with one attached hydrogen (secondary N) is 1. The third-order valence-corrected chi connectivity index (χ3v) is 7.58. The summed E-state index contributed by atoms with van der Waals surface area (Å²) >= 11 is 0.654. The van der Waals surface area contributed by atoms with E-state index in [1.54, 1.807) is 0 Å². The molecular weight excluding hydrogens is 475 g/mol. The number of carbonyl (C=O) groups excluding carboxylic acids is 1. The second-order valence-electron chi connectivity index (χ2n) is 7.40. The van der Waals surface area contributed by atoms with Crippen molar-refractivity contribution in [2.24, 2.45) is 5.16 Å². The average molecular weight is 501 g/mol. The predicted octanol–water partition coefficient (Wildman–Crippen LogP) is 1.82. The van der Waals surface area contributed by atoms with E-state index < -0.39 is 27.2 Å². The molecule has 0 spiro atoms. The molecule has 1 heterocycles. The summed E-state index contributed by atoms with van der Waals surface area (Å²) < 4.78 is 44.7. The summed E-state index contributed by atoms with van der Waals surface area (Å²) in [6.45, 7) is 0.427. The minimum atomic E-state index is -3.75. The predicted molar refractivity (Wildman–Crippen MR) is 120 cm³/mol. The van der Waals surface area contributed by atoms with Gasteiger partial charge in [0.25, 0.3) is 5.91 Å². The number of benzene rings is 1. The Kier molecular flexibility index (Phi) is 8.48. The first-order valence-corrected chi connectivity index (χ1v) is 12.4. The zero-order valence-corrected chi connectivity index (χ0v) is 19.7. The van der Waals surface area contributed by atoms with E-state index in [2.05, 4.69) is 15.5 Å². The number of anilines is 1. The van der Waals surface area contributed by atoms with Gasteiger partial charge < -0.3 is 14.7 Å². The summed E-state index contributed by atoms with van der Waals surface area (Å²) in [6, 6.07) is 5.59. The van der Waals surface area contributed by atoms with Gasteiger partial charge >= 0.3 is 0 Å². The molecule has 0 aliphatic heterocycles. The molecule has 1 fully saturated rings. The van der Waals surface area contributed by atoms with Gasteiger partial charge in [0.2, 0.25) is 10.0 Å². The molecule has 33 heavy (non-hydrogen) atoms. The van der Waals surface area contributed by atoms with E-state index in [1.165, 1.54) is 42.7 Å². The Labute approximate surface area is 195 Å². The Balaban J connectivity index is 1.83. The Morgan fingerprint density at radius 2 is 2.09 bits per heavy atom. The lowest BCUT2D eigenvalue weighted by atomic mass is 10.1. The smallest absolute Gasteiger partial charge is 0.280 e. The lowest BCUT2D eigenvalue weighted by molar-refractivity contribution is -0.110. The number of aliphatic hydroxyl groups excluding tert-OH is 1. The quantitative estimate of drug-likeness (QED) is 0.376. The molecule has 180 valence electrons. The number of amides is 1. The van der Waals surface area contributed by atoms with Gasteiger partial charge in [-0.25, -0.2) is 13.4 Å². The number of oxime groups is 1. The van der Waals surface area contributed by atoms with Crippen LogP contribution in [0.3, 0.4) is 0 Å². The second-order valence-corrected chi connectivity index (χ2v) is 10.4. The highest BCUT2D eigenvalue weighted by Gasteiger charge is 2.26. The largest absolute Gasteiger partial charge is 0.393 e. The van der Waals surface area contributed by atoms with Gasteiger partial charge in [0.1, 0.15) is 6.10 Å². The molecule has 3 rings (SSSR count). The highest BCUT2D eigenvalue weighted by Crippen LogP contribution is 2.23. The van der Waals surface area contributed by atoms with Gasteiger partial charge in [-0.15, -0.1) is 0 Å². The van der Waals surface area contributed by atoms with Gasteiger partial charge in [-0.05, 0) is 25.0 Å². The van der Waals surface area contributed by atoms with E-state index in [4.69, 9.17) is 9.57 Å². The van der Waals surface area contributed by atoms with Crippen LogP contribution in [0.2, 0.25) is 0 Å². The van der Waals surface area contributed by atoms with Crippen molar-refractivity contribution in [2.75, 3.05) is 32.6 Å². The molecule has 0 unspecified atom stereocenters. The molecule has 1 aliphatic rings. The fraction of sp³-hybridized carbons (Fsp3) is 0.450. The first-order chi connectivity index (χ1) is 15.7. The molecule has 0 saturated heterocycles. The zero-order chi connectivity index (χ0) is 24.0. The van der Waals surface area contributed by atoms with Gasteiger partial charge in [-0.1, -0.05) is 28.6 Å². The Morgan fingerprint density at radius 1 is 1.36 bits per heavy atom. The number of carbonyl (C=O) groups is 1. The van der Waals surface area contributed by atoms with Crippen LogP contribution in [0.5, 0.6) is 0 Å². The maximum atomic E-state index is 13.2. The minimum Gasteiger partial charge on any atom is -0.393 e. The van der Waals surface area contributed by atoms with Crippen molar-refractivity contribution < 1.29 is 32.3 Å². The maximum Gasteiger partial charge on any atom is 0.280 e. The molecule has 2 atom stereocenters.